The summed E-state index contributed by atoms with van der Waals surface area (Å²) in [7, 11) is 0. The maximum absolute atomic E-state index is 12.9. The molecule has 7 heteroatoms. The van der Waals surface area contributed by atoms with Crippen molar-refractivity contribution < 1.29 is 19.2 Å². The van der Waals surface area contributed by atoms with Gasteiger partial charge in [0.15, 0.2) is 0 Å². The zero-order chi connectivity index (χ0) is 20.3. The van der Waals surface area contributed by atoms with E-state index in [0.29, 0.717) is 26.8 Å². The van der Waals surface area contributed by atoms with Crippen molar-refractivity contribution >= 4 is 45.5 Å². The Hall–Kier alpha value is -3.48. The number of ketones is 2. The van der Waals surface area contributed by atoms with Crippen LogP contribution in [0.15, 0.2) is 24.3 Å². The second-order valence-corrected chi connectivity index (χ2v) is 7.79. The van der Waals surface area contributed by atoms with E-state index in [2.05, 4.69) is 10.6 Å². The summed E-state index contributed by atoms with van der Waals surface area (Å²) in [5, 5.41) is 7.38. The molecular weight excluding hydrogens is 370 g/mol. The smallest absolute Gasteiger partial charge is 0.259 e. The van der Waals surface area contributed by atoms with Gasteiger partial charge in [-0.2, -0.15) is 0 Å². The molecule has 7 nitrogen and oxygen atoms in total. The highest BCUT2D eigenvalue weighted by Gasteiger charge is 2.34. The van der Waals surface area contributed by atoms with Gasteiger partial charge < -0.3 is 11.1 Å². The number of nitrogens with two attached hydrogens (primary N) is 1. The predicted octanol–water partition coefficient (Wildman–Crippen LogP) is -0.0274. The molecule has 0 radical (unpaired) electrons. The van der Waals surface area contributed by atoms with Crippen molar-refractivity contribution in [3.05, 3.63) is 45.8 Å². The van der Waals surface area contributed by atoms with Crippen LogP contribution in [-0.2, 0) is 9.59 Å². The molecule has 3 aliphatic rings. The van der Waals surface area contributed by atoms with Crippen LogP contribution in [0.4, 0.5) is 0 Å². The van der Waals surface area contributed by atoms with Crippen molar-refractivity contribution in [1.82, 2.24) is 10.6 Å². The number of amides is 2. The summed E-state index contributed by atoms with van der Waals surface area (Å²) in [6, 6.07) is 6.84. The SMILES string of the molecule is NC1=c2cc3cccc4c3c(c2=C(NC2CCCCC2)C(=O)C1=O)C(=O)NC4=O. The number of fused-ring (bicyclic) bond motifs is 2. The Morgan fingerprint density at radius 2 is 1.72 bits per heavy atom. The highest BCUT2D eigenvalue weighted by molar-refractivity contribution is 6.62. The average molecular weight is 389 g/mol. The maximum Gasteiger partial charge on any atom is 0.259 e. The third-order valence-corrected chi connectivity index (χ3v) is 6.04. The van der Waals surface area contributed by atoms with E-state index >= 15 is 0 Å². The molecular formula is C22H19N3O4. The molecule has 2 amide bonds. The number of hydrogen-bond acceptors (Lipinski definition) is 6. The largest absolute Gasteiger partial charge is 0.395 e. The van der Waals surface area contributed by atoms with Gasteiger partial charge >= 0.3 is 0 Å². The van der Waals surface area contributed by atoms with Gasteiger partial charge in [-0.15, -0.1) is 0 Å². The minimum Gasteiger partial charge on any atom is -0.395 e. The van der Waals surface area contributed by atoms with E-state index in [-0.39, 0.29) is 23.0 Å². The summed E-state index contributed by atoms with van der Waals surface area (Å²) in [6.07, 6.45) is 4.99. The van der Waals surface area contributed by atoms with E-state index in [1.807, 2.05) is 0 Å². The second kappa shape index (κ2) is 6.27. The van der Waals surface area contributed by atoms with Crippen LogP contribution in [0.3, 0.4) is 0 Å². The zero-order valence-electron chi connectivity index (χ0n) is 15.6. The van der Waals surface area contributed by atoms with Crippen LogP contribution in [0.25, 0.3) is 22.2 Å². The van der Waals surface area contributed by atoms with Crippen molar-refractivity contribution in [1.29, 1.82) is 0 Å². The highest BCUT2D eigenvalue weighted by Crippen LogP contribution is 2.25. The lowest BCUT2D eigenvalue weighted by Crippen LogP contribution is -2.53. The second-order valence-electron chi connectivity index (χ2n) is 7.79. The predicted molar refractivity (Wildman–Crippen MR) is 106 cm³/mol. The number of carbonyl (C=O) groups excluding carboxylic acids is 4. The molecule has 146 valence electrons. The fourth-order valence-corrected chi connectivity index (χ4v) is 4.64. The Kier molecular flexibility index (Phi) is 3.81. The summed E-state index contributed by atoms with van der Waals surface area (Å²) in [5.74, 6) is -2.58. The molecule has 1 fully saturated rings. The molecule has 4 N–H and O–H groups in total. The van der Waals surface area contributed by atoms with Crippen LogP contribution in [0, 0.1) is 0 Å². The summed E-state index contributed by atoms with van der Waals surface area (Å²) in [4.78, 5) is 50.7. The van der Waals surface area contributed by atoms with E-state index < -0.39 is 23.4 Å². The first-order chi connectivity index (χ1) is 14.0. The first-order valence-corrected chi connectivity index (χ1v) is 9.78. The number of Topliss-reactive ketones (excluding diaryl/α,β-unsaturated/α-hetero) is 2. The molecule has 1 saturated carbocycles. The Balaban J connectivity index is 1.93. The molecule has 0 aromatic heterocycles. The minimum absolute atomic E-state index is 0.0501. The van der Waals surface area contributed by atoms with Crippen molar-refractivity contribution in [3.8, 4) is 0 Å². The highest BCUT2D eigenvalue weighted by atomic mass is 16.2. The summed E-state index contributed by atoms with van der Waals surface area (Å²) in [6.45, 7) is 0. The van der Waals surface area contributed by atoms with Crippen LogP contribution in [0.2, 0.25) is 0 Å². The number of benzene rings is 2. The standard InChI is InChI=1S/C22H19N3O4/c23-17-13-9-10-5-4-8-12-14(10)16(22(29)25-21(12)28)15(13)18(20(27)19(17)26)24-11-6-2-1-3-7-11/h4-5,8-9,11,24H,1-3,6-7,23H2,(H,25,28,29). The quantitative estimate of drug-likeness (QED) is 0.490. The molecule has 2 aliphatic carbocycles. The van der Waals surface area contributed by atoms with E-state index in [1.165, 1.54) is 0 Å². The lowest BCUT2D eigenvalue weighted by molar-refractivity contribution is -0.130. The van der Waals surface area contributed by atoms with E-state index in [1.54, 1.807) is 24.3 Å². The topological polar surface area (TPSA) is 118 Å². The Morgan fingerprint density at radius 1 is 0.966 bits per heavy atom. The van der Waals surface area contributed by atoms with Crippen molar-refractivity contribution in [2.45, 2.75) is 38.1 Å². The third kappa shape index (κ3) is 2.50. The summed E-state index contributed by atoms with van der Waals surface area (Å²) >= 11 is 0. The number of carbonyl (C=O) groups is 4. The first-order valence-electron chi connectivity index (χ1n) is 9.78. The zero-order valence-corrected chi connectivity index (χ0v) is 15.6. The van der Waals surface area contributed by atoms with Crippen molar-refractivity contribution in [2.75, 3.05) is 0 Å². The number of imide groups is 1. The molecule has 0 saturated heterocycles. The average Bonchev–Trinajstić information content (AvgIpc) is 2.73. The lowest BCUT2D eigenvalue weighted by atomic mass is 9.87. The molecule has 1 heterocycles. The van der Waals surface area contributed by atoms with Crippen LogP contribution < -0.4 is 26.8 Å². The number of hydrogen-bond donors (Lipinski definition) is 3. The monoisotopic (exact) mass is 389 g/mol. The van der Waals surface area contributed by atoms with Gasteiger partial charge in [0.2, 0.25) is 0 Å². The number of nitrogens with one attached hydrogen (secondary N) is 2. The molecule has 29 heavy (non-hydrogen) atoms. The fourth-order valence-electron chi connectivity index (χ4n) is 4.64. The molecule has 0 unspecified atom stereocenters. The Labute approximate surface area is 165 Å². The van der Waals surface area contributed by atoms with Gasteiger partial charge in [0, 0.05) is 27.4 Å². The first kappa shape index (κ1) is 17.6. The number of rotatable bonds is 2. The van der Waals surface area contributed by atoms with Crippen LogP contribution in [0.5, 0.6) is 0 Å². The van der Waals surface area contributed by atoms with Gasteiger partial charge in [0.25, 0.3) is 23.4 Å². The Bertz CT molecular complexity index is 1270. The van der Waals surface area contributed by atoms with Gasteiger partial charge in [-0.3, -0.25) is 24.5 Å². The minimum atomic E-state index is -0.772. The normalized spacial score (nSPS) is 19.4. The third-order valence-electron chi connectivity index (χ3n) is 6.04. The molecule has 1 aliphatic heterocycles. The van der Waals surface area contributed by atoms with E-state index in [9.17, 15) is 19.2 Å². The summed E-state index contributed by atoms with van der Waals surface area (Å²) < 4.78 is 0. The van der Waals surface area contributed by atoms with Crippen molar-refractivity contribution in [2.24, 2.45) is 5.73 Å². The van der Waals surface area contributed by atoms with Gasteiger partial charge in [-0.25, -0.2) is 0 Å². The Morgan fingerprint density at radius 3 is 2.48 bits per heavy atom. The molecule has 0 bridgehead atoms. The molecule has 5 rings (SSSR count). The molecule has 2 aromatic rings. The van der Waals surface area contributed by atoms with E-state index in [4.69, 9.17) is 5.73 Å². The van der Waals surface area contributed by atoms with Crippen LogP contribution in [0.1, 0.15) is 52.8 Å². The van der Waals surface area contributed by atoms with Gasteiger partial charge in [0.05, 0.1) is 17.0 Å². The summed E-state index contributed by atoms with van der Waals surface area (Å²) in [5.41, 5.74) is 6.54. The maximum atomic E-state index is 12.9. The fraction of sp³-hybridized carbons (Fsp3) is 0.273. The van der Waals surface area contributed by atoms with Crippen LogP contribution in [-0.4, -0.2) is 29.4 Å². The molecule has 2 aromatic carbocycles. The van der Waals surface area contributed by atoms with E-state index in [0.717, 1.165) is 32.1 Å². The molecule has 0 atom stereocenters. The van der Waals surface area contributed by atoms with Gasteiger partial charge in [-0.1, -0.05) is 31.4 Å². The van der Waals surface area contributed by atoms with Crippen molar-refractivity contribution in [3.63, 3.8) is 0 Å². The van der Waals surface area contributed by atoms with Crippen LogP contribution >= 0.6 is 0 Å². The molecule has 0 spiro atoms. The van der Waals surface area contributed by atoms with Gasteiger partial charge in [-0.05, 0) is 30.4 Å². The lowest BCUT2D eigenvalue weighted by Gasteiger charge is -2.27. The van der Waals surface area contributed by atoms with Gasteiger partial charge in [0.1, 0.15) is 0 Å².